The average molecular weight is 510 g/mol. The van der Waals surface area contributed by atoms with Crippen molar-refractivity contribution in [2.24, 2.45) is 0 Å². The number of hydrogen-bond acceptors (Lipinski definition) is 2. The Morgan fingerprint density at radius 3 is 2.33 bits per heavy atom. The fourth-order valence-electron chi connectivity index (χ4n) is 4.23. The molecule has 0 heterocycles. The first-order valence-corrected chi connectivity index (χ1v) is 11.1. The van der Waals surface area contributed by atoms with Gasteiger partial charge in [0, 0.05) is 12.0 Å². The van der Waals surface area contributed by atoms with Crippen LogP contribution in [0, 0.1) is 17.5 Å². The van der Waals surface area contributed by atoms with Gasteiger partial charge in [-0.3, -0.25) is 0 Å². The molecule has 0 fully saturated rings. The number of halogens is 7. The number of ether oxygens (including phenoxy) is 2. The maximum absolute atomic E-state index is 15.2. The van der Waals surface area contributed by atoms with Crippen LogP contribution in [0.5, 0.6) is 11.5 Å². The topological polar surface area (TPSA) is 18.5 Å². The van der Waals surface area contributed by atoms with Crippen LogP contribution in [0.25, 0.3) is 11.1 Å². The number of hydrogen-bond donors (Lipinski definition) is 0. The van der Waals surface area contributed by atoms with Crippen molar-refractivity contribution in [3.05, 3.63) is 94.8 Å². The van der Waals surface area contributed by atoms with Crippen molar-refractivity contribution in [3.8, 4) is 22.6 Å². The summed E-state index contributed by atoms with van der Waals surface area (Å²) >= 11 is 0. The van der Waals surface area contributed by atoms with Gasteiger partial charge in [0.1, 0.15) is 5.82 Å². The molecule has 2 nitrogen and oxygen atoms in total. The smallest absolute Gasteiger partial charge is 0.429 e. The van der Waals surface area contributed by atoms with E-state index in [1.807, 2.05) is 0 Å². The molecule has 0 bridgehead atoms. The molecule has 190 valence electrons. The predicted molar refractivity (Wildman–Crippen MR) is 120 cm³/mol. The summed E-state index contributed by atoms with van der Waals surface area (Å²) in [5, 5.41) is 0. The summed E-state index contributed by atoms with van der Waals surface area (Å²) in [6.07, 6.45) is -3.12. The highest BCUT2D eigenvalue weighted by Crippen LogP contribution is 2.50. The molecule has 3 aromatic carbocycles. The Morgan fingerprint density at radius 2 is 1.67 bits per heavy atom. The van der Waals surface area contributed by atoms with Crippen molar-refractivity contribution in [2.75, 3.05) is 6.61 Å². The van der Waals surface area contributed by atoms with E-state index in [1.165, 1.54) is 18.2 Å². The lowest BCUT2D eigenvalue weighted by atomic mass is 9.82. The Labute approximate surface area is 203 Å². The summed E-state index contributed by atoms with van der Waals surface area (Å²) in [4.78, 5) is 0. The number of benzene rings is 3. The van der Waals surface area contributed by atoms with Gasteiger partial charge in [-0.25, -0.2) is 22.0 Å². The van der Waals surface area contributed by atoms with Gasteiger partial charge in [0.05, 0.1) is 17.7 Å². The minimum Gasteiger partial charge on any atom is -0.491 e. The summed E-state index contributed by atoms with van der Waals surface area (Å²) in [5.74, 6) is -9.39. The third kappa shape index (κ3) is 4.54. The second kappa shape index (κ2) is 9.52. The van der Waals surface area contributed by atoms with Crippen molar-refractivity contribution in [1.29, 1.82) is 0 Å². The molecule has 0 amide bonds. The van der Waals surface area contributed by atoms with Gasteiger partial charge in [0.2, 0.25) is 0 Å². The monoisotopic (exact) mass is 510 g/mol. The van der Waals surface area contributed by atoms with Crippen molar-refractivity contribution in [3.63, 3.8) is 0 Å². The van der Waals surface area contributed by atoms with Crippen LogP contribution in [0.1, 0.15) is 35.6 Å². The number of fused-ring (bicyclic) bond motifs is 3. The Kier molecular flexibility index (Phi) is 6.77. The van der Waals surface area contributed by atoms with Crippen LogP contribution in [-0.2, 0) is 24.9 Å². The van der Waals surface area contributed by atoms with Gasteiger partial charge in [-0.15, -0.1) is 6.58 Å². The fourth-order valence-corrected chi connectivity index (χ4v) is 4.23. The van der Waals surface area contributed by atoms with Gasteiger partial charge in [-0.1, -0.05) is 18.2 Å². The number of alkyl halides is 4. The molecule has 4 rings (SSSR count). The quantitative estimate of drug-likeness (QED) is 0.225. The summed E-state index contributed by atoms with van der Waals surface area (Å²) in [7, 11) is 0. The summed E-state index contributed by atoms with van der Waals surface area (Å²) in [6.45, 7) is 5.23. The molecule has 0 radical (unpaired) electrons. The third-order valence-electron chi connectivity index (χ3n) is 5.89. The van der Waals surface area contributed by atoms with Crippen LogP contribution in [-0.4, -0.2) is 6.61 Å². The molecule has 1 aliphatic carbocycles. The third-order valence-corrected chi connectivity index (χ3v) is 5.89. The zero-order valence-electron chi connectivity index (χ0n) is 19.1. The van der Waals surface area contributed by atoms with Gasteiger partial charge in [-0.05, 0) is 66.8 Å². The van der Waals surface area contributed by atoms with E-state index in [4.69, 9.17) is 4.74 Å². The molecule has 0 aromatic heterocycles. The standard InChI is InChI=1S/C27H21F7O2/c1-3-5-6-15-7-10-19(20(28)13-15)27(33,34)36-22-12-9-17-16-8-11-21(35-4-2)24(29)18(16)14-26(31,32)23(17)25(22)30/h3,7-13H,1,4-6,14H2,2H3. The second-order valence-electron chi connectivity index (χ2n) is 8.28. The number of allylic oxidation sites excluding steroid dienone is 1. The van der Waals surface area contributed by atoms with E-state index in [9.17, 15) is 17.6 Å². The molecule has 0 N–H and O–H groups in total. The van der Waals surface area contributed by atoms with Gasteiger partial charge in [-0.2, -0.15) is 8.78 Å². The molecule has 9 heteroatoms. The zero-order chi connectivity index (χ0) is 26.3. The average Bonchev–Trinajstić information content (AvgIpc) is 2.81. The molecule has 3 aromatic rings. The van der Waals surface area contributed by atoms with E-state index in [0.29, 0.717) is 18.4 Å². The highest BCUT2D eigenvalue weighted by molar-refractivity contribution is 5.76. The van der Waals surface area contributed by atoms with Crippen LogP contribution in [0.2, 0.25) is 0 Å². The lowest BCUT2D eigenvalue weighted by molar-refractivity contribution is -0.189. The van der Waals surface area contributed by atoms with Crippen LogP contribution < -0.4 is 9.47 Å². The van der Waals surface area contributed by atoms with Crippen molar-refractivity contribution in [2.45, 2.75) is 38.2 Å². The predicted octanol–water partition coefficient (Wildman–Crippen LogP) is 8.06. The fraction of sp³-hybridized carbons (Fsp3) is 0.259. The van der Waals surface area contributed by atoms with Gasteiger partial charge in [0.15, 0.2) is 23.1 Å². The van der Waals surface area contributed by atoms with Crippen LogP contribution >= 0.6 is 0 Å². The van der Waals surface area contributed by atoms with Gasteiger partial charge < -0.3 is 9.47 Å². The normalized spacial score (nSPS) is 14.1. The molecule has 0 spiro atoms. The molecule has 0 atom stereocenters. The number of rotatable bonds is 8. The van der Waals surface area contributed by atoms with E-state index in [-0.39, 0.29) is 29.0 Å². The molecular weight excluding hydrogens is 489 g/mol. The maximum atomic E-state index is 15.2. The molecule has 0 unspecified atom stereocenters. The first-order valence-electron chi connectivity index (χ1n) is 11.1. The first kappa shape index (κ1) is 25.6. The SMILES string of the molecule is C=CCCc1ccc(C(F)(F)Oc2ccc3c(c2F)C(F)(F)Cc2c-3ccc(OCC)c2F)c(F)c1. The summed E-state index contributed by atoms with van der Waals surface area (Å²) < 4.78 is 114. The second-order valence-corrected chi connectivity index (χ2v) is 8.28. The highest BCUT2D eigenvalue weighted by Gasteiger charge is 2.46. The minimum atomic E-state index is -4.36. The van der Waals surface area contributed by atoms with E-state index < -0.39 is 52.8 Å². The lowest BCUT2D eigenvalue weighted by Gasteiger charge is -2.30. The molecule has 0 aliphatic heterocycles. The number of aryl methyl sites for hydroxylation is 1. The van der Waals surface area contributed by atoms with E-state index in [0.717, 1.165) is 24.3 Å². The zero-order valence-corrected chi connectivity index (χ0v) is 19.1. The maximum Gasteiger partial charge on any atom is 0.429 e. The van der Waals surface area contributed by atoms with E-state index in [2.05, 4.69) is 11.3 Å². The molecule has 1 aliphatic rings. The van der Waals surface area contributed by atoms with Crippen molar-refractivity contribution < 1.29 is 40.2 Å². The van der Waals surface area contributed by atoms with Crippen molar-refractivity contribution >= 4 is 0 Å². The Balaban J connectivity index is 1.73. The van der Waals surface area contributed by atoms with Gasteiger partial charge >= 0.3 is 6.11 Å². The van der Waals surface area contributed by atoms with Crippen LogP contribution in [0.3, 0.4) is 0 Å². The van der Waals surface area contributed by atoms with Crippen LogP contribution in [0.4, 0.5) is 30.7 Å². The Bertz CT molecular complexity index is 1320. The summed E-state index contributed by atoms with van der Waals surface area (Å²) in [5.41, 5.74) is -2.71. The molecule has 0 saturated heterocycles. The largest absolute Gasteiger partial charge is 0.491 e. The summed E-state index contributed by atoms with van der Waals surface area (Å²) in [6, 6.07) is 7.17. The molecule has 36 heavy (non-hydrogen) atoms. The highest BCUT2D eigenvalue weighted by atomic mass is 19.3. The van der Waals surface area contributed by atoms with E-state index in [1.54, 1.807) is 13.0 Å². The lowest BCUT2D eigenvalue weighted by Crippen LogP contribution is -2.28. The van der Waals surface area contributed by atoms with Crippen LogP contribution in [0.15, 0.2) is 55.1 Å². The van der Waals surface area contributed by atoms with E-state index >= 15 is 13.2 Å². The molecule has 0 saturated carbocycles. The Hall–Kier alpha value is -3.49. The molecular formula is C27H21F7O2. The minimum absolute atomic E-state index is 0.0183. The Morgan fingerprint density at radius 1 is 0.972 bits per heavy atom. The first-order chi connectivity index (χ1) is 17.0. The van der Waals surface area contributed by atoms with Crippen molar-refractivity contribution in [1.82, 2.24) is 0 Å². The van der Waals surface area contributed by atoms with Gasteiger partial charge in [0.25, 0.3) is 5.92 Å².